The van der Waals surface area contributed by atoms with Crippen molar-refractivity contribution in [3.63, 3.8) is 0 Å². The van der Waals surface area contributed by atoms with E-state index in [0.717, 1.165) is 0 Å². The summed E-state index contributed by atoms with van der Waals surface area (Å²) in [6.45, 7) is 8.55. The number of hydrogen-bond acceptors (Lipinski definition) is 3. The molecule has 0 atom stereocenters. The second-order valence-electron chi connectivity index (χ2n) is 5.19. The second kappa shape index (κ2) is 8.17. The van der Waals surface area contributed by atoms with Crippen molar-refractivity contribution in [2.75, 3.05) is 13.2 Å². The molecule has 0 saturated heterocycles. The quantitative estimate of drug-likeness (QED) is 0.744. The minimum atomic E-state index is -0.685. The standard InChI is InChI=1S/C15H23F2NO2/c1-10(2)18-9-12-7-13(16)15(14(17)8-12)20-6-5-19-11(3)4/h7-8,10-11,18H,5-6,9H2,1-4H3. The molecule has 0 aliphatic heterocycles. The van der Waals surface area contributed by atoms with Gasteiger partial charge in [-0.25, -0.2) is 8.78 Å². The number of rotatable bonds is 8. The van der Waals surface area contributed by atoms with E-state index in [-0.39, 0.29) is 24.5 Å². The monoisotopic (exact) mass is 287 g/mol. The van der Waals surface area contributed by atoms with Gasteiger partial charge in [-0.15, -0.1) is 0 Å². The van der Waals surface area contributed by atoms with Crippen LogP contribution in [-0.4, -0.2) is 25.4 Å². The maximum absolute atomic E-state index is 13.8. The lowest BCUT2D eigenvalue weighted by Gasteiger charge is -2.13. The predicted octanol–water partition coefficient (Wildman–Crippen LogP) is 3.27. The van der Waals surface area contributed by atoms with Crippen LogP contribution in [0.3, 0.4) is 0 Å². The average molecular weight is 287 g/mol. The largest absolute Gasteiger partial charge is 0.485 e. The number of nitrogens with one attached hydrogen (secondary N) is 1. The lowest BCUT2D eigenvalue weighted by atomic mass is 10.2. The highest BCUT2D eigenvalue weighted by atomic mass is 19.1. The Hall–Kier alpha value is -1.20. The maximum atomic E-state index is 13.8. The normalized spacial score (nSPS) is 11.4. The van der Waals surface area contributed by atoms with Gasteiger partial charge in [0.05, 0.1) is 12.7 Å². The Balaban J connectivity index is 2.59. The molecule has 1 aromatic carbocycles. The van der Waals surface area contributed by atoms with Gasteiger partial charge in [0.25, 0.3) is 0 Å². The van der Waals surface area contributed by atoms with Crippen molar-refractivity contribution in [1.29, 1.82) is 0 Å². The summed E-state index contributed by atoms with van der Waals surface area (Å²) in [5.74, 6) is -1.71. The van der Waals surface area contributed by atoms with E-state index in [1.807, 2.05) is 27.7 Å². The molecule has 3 nitrogen and oxygen atoms in total. The molecule has 0 aliphatic carbocycles. The van der Waals surface area contributed by atoms with Crippen LogP contribution >= 0.6 is 0 Å². The van der Waals surface area contributed by atoms with Crippen LogP contribution in [0.25, 0.3) is 0 Å². The van der Waals surface area contributed by atoms with Gasteiger partial charge >= 0.3 is 0 Å². The van der Waals surface area contributed by atoms with Gasteiger partial charge < -0.3 is 14.8 Å². The molecule has 0 unspecified atom stereocenters. The van der Waals surface area contributed by atoms with Crippen LogP contribution in [-0.2, 0) is 11.3 Å². The second-order valence-corrected chi connectivity index (χ2v) is 5.19. The third kappa shape index (κ3) is 5.84. The minimum absolute atomic E-state index is 0.0674. The van der Waals surface area contributed by atoms with E-state index in [9.17, 15) is 8.78 Å². The fourth-order valence-electron chi connectivity index (χ4n) is 1.60. The highest BCUT2D eigenvalue weighted by Crippen LogP contribution is 2.23. The number of benzene rings is 1. The van der Waals surface area contributed by atoms with Gasteiger partial charge in [0.15, 0.2) is 17.4 Å². The van der Waals surface area contributed by atoms with Gasteiger partial charge in [0.1, 0.15) is 6.61 Å². The lowest BCUT2D eigenvalue weighted by molar-refractivity contribution is 0.0535. The molecule has 0 amide bonds. The minimum Gasteiger partial charge on any atom is -0.485 e. The van der Waals surface area contributed by atoms with Crippen LogP contribution < -0.4 is 10.1 Å². The van der Waals surface area contributed by atoms with Crippen LogP contribution in [0.2, 0.25) is 0 Å². The molecule has 20 heavy (non-hydrogen) atoms. The van der Waals surface area contributed by atoms with E-state index in [1.165, 1.54) is 12.1 Å². The van der Waals surface area contributed by atoms with Crippen LogP contribution in [0.4, 0.5) is 8.78 Å². The molecule has 0 fully saturated rings. The molecule has 1 aromatic rings. The molecule has 1 N–H and O–H groups in total. The van der Waals surface area contributed by atoms with Gasteiger partial charge in [-0.2, -0.15) is 0 Å². The molecular weight excluding hydrogens is 264 g/mol. The SMILES string of the molecule is CC(C)NCc1cc(F)c(OCCOC(C)C)c(F)c1. The molecule has 0 saturated carbocycles. The molecule has 0 spiro atoms. The van der Waals surface area contributed by atoms with E-state index in [4.69, 9.17) is 9.47 Å². The lowest BCUT2D eigenvalue weighted by Crippen LogP contribution is -2.22. The Morgan fingerprint density at radius 3 is 2.15 bits per heavy atom. The maximum Gasteiger partial charge on any atom is 0.190 e. The summed E-state index contributed by atoms with van der Waals surface area (Å²) >= 11 is 0. The van der Waals surface area contributed by atoms with Crippen LogP contribution in [0, 0.1) is 11.6 Å². The summed E-state index contributed by atoms with van der Waals surface area (Å²) < 4.78 is 37.9. The molecule has 0 bridgehead atoms. The van der Waals surface area contributed by atoms with Crippen molar-refractivity contribution in [3.8, 4) is 5.75 Å². The summed E-state index contributed by atoms with van der Waals surface area (Å²) in [5.41, 5.74) is 0.555. The molecular formula is C15H23F2NO2. The Labute approximate surface area is 119 Å². The molecule has 0 aliphatic rings. The Morgan fingerprint density at radius 1 is 1.05 bits per heavy atom. The van der Waals surface area contributed by atoms with Crippen molar-refractivity contribution >= 4 is 0 Å². The summed E-state index contributed by atoms with van der Waals surface area (Å²) in [6.07, 6.45) is 0.0674. The first-order valence-corrected chi connectivity index (χ1v) is 6.86. The third-order valence-electron chi connectivity index (χ3n) is 2.55. The van der Waals surface area contributed by atoms with Crippen molar-refractivity contribution in [2.45, 2.75) is 46.4 Å². The van der Waals surface area contributed by atoms with Crippen LogP contribution in [0.15, 0.2) is 12.1 Å². The first-order valence-electron chi connectivity index (χ1n) is 6.86. The van der Waals surface area contributed by atoms with E-state index in [2.05, 4.69) is 5.32 Å². The number of ether oxygens (including phenoxy) is 2. The van der Waals surface area contributed by atoms with Gasteiger partial charge in [-0.05, 0) is 31.5 Å². The Morgan fingerprint density at radius 2 is 1.65 bits per heavy atom. The van der Waals surface area contributed by atoms with Crippen LogP contribution in [0.5, 0.6) is 5.75 Å². The van der Waals surface area contributed by atoms with Crippen LogP contribution in [0.1, 0.15) is 33.3 Å². The summed E-state index contributed by atoms with van der Waals surface area (Å²) in [4.78, 5) is 0. The van der Waals surface area contributed by atoms with E-state index in [1.54, 1.807) is 0 Å². The molecule has 0 aromatic heterocycles. The smallest absolute Gasteiger partial charge is 0.190 e. The zero-order chi connectivity index (χ0) is 15.1. The topological polar surface area (TPSA) is 30.5 Å². The highest BCUT2D eigenvalue weighted by molar-refractivity contribution is 5.31. The average Bonchev–Trinajstić information content (AvgIpc) is 2.34. The van der Waals surface area contributed by atoms with Gasteiger partial charge in [-0.3, -0.25) is 0 Å². The first kappa shape index (κ1) is 16.9. The Bertz CT molecular complexity index is 399. The van der Waals surface area contributed by atoms with Crippen molar-refractivity contribution in [1.82, 2.24) is 5.32 Å². The molecule has 5 heteroatoms. The van der Waals surface area contributed by atoms with Crippen molar-refractivity contribution < 1.29 is 18.3 Å². The summed E-state index contributed by atoms with van der Waals surface area (Å²) in [6, 6.07) is 2.83. The third-order valence-corrected chi connectivity index (χ3v) is 2.55. The zero-order valence-electron chi connectivity index (χ0n) is 12.5. The first-order chi connectivity index (χ1) is 9.40. The predicted molar refractivity (Wildman–Crippen MR) is 74.9 cm³/mol. The molecule has 0 radical (unpaired) electrons. The highest BCUT2D eigenvalue weighted by Gasteiger charge is 2.13. The molecule has 114 valence electrons. The van der Waals surface area contributed by atoms with E-state index < -0.39 is 11.6 Å². The Kier molecular flexibility index (Phi) is 6.88. The van der Waals surface area contributed by atoms with Crippen molar-refractivity contribution in [2.24, 2.45) is 0 Å². The van der Waals surface area contributed by atoms with Gasteiger partial charge in [0.2, 0.25) is 0 Å². The molecule has 0 heterocycles. The van der Waals surface area contributed by atoms with Crippen molar-refractivity contribution in [3.05, 3.63) is 29.3 Å². The fraction of sp³-hybridized carbons (Fsp3) is 0.600. The number of halogens is 2. The molecule has 1 rings (SSSR count). The summed E-state index contributed by atoms with van der Waals surface area (Å²) in [5, 5.41) is 3.11. The zero-order valence-corrected chi connectivity index (χ0v) is 12.5. The summed E-state index contributed by atoms with van der Waals surface area (Å²) in [7, 11) is 0. The van der Waals surface area contributed by atoms with E-state index in [0.29, 0.717) is 18.7 Å². The van der Waals surface area contributed by atoms with Gasteiger partial charge in [0, 0.05) is 12.6 Å². The van der Waals surface area contributed by atoms with Gasteiger partial charge in [-0.1, -0.05) is 13.8 Å². The van der Waals surface area contributed by atoms with E-state index >= 15 is 0 Å². The number of hydrogen-bond donors (Lipinski definition) is 1. The fourth-order valence-corrected chi connectivity index (χ4v) is 1.60.